The van der Waals surface area contributed by atoms with Gasteiger partial charge >= 0.3 is 0 Å². The van der Waals surface area contributed by atoms with Crippen LogP contribution in [0.1, 0.15) is 27.2 Å². The van der Waals surface area contributed by atoms with Gasteiger partial charge in [0.15, 0.2) is 10.8 Å². The molecule has 0 unspecified atom stereocenters. The fraction of sp³-hybridized carbons (Fsp3) is 0.286. The number of ether oxygens (including phenoxy) is 1. The van der Waals surface area contributed by atoms with Gasteiger partial charge in [0.05, 0.1) is 34.4 Å². The van der Waals surface area contributed by atoms with Crippen LogP contribution in [0.5, 0.6) is 5.06 Å². The smallest absolute Gasteiger partial charge is 0.184 e. The number of Topliss-reactive ketones (excluding diaryl/α,β-unsaturated/α-hetero) is 1. The van der Waals surface area contributed by atoms with Crippen molar-refractivity contribution in [3.05, 3.63) is 58.1 Å². The molecule has 4 rings (SSSR count). The Hall–Kier alpha value is -3.09. The Morgan fingerprint density at radius 2 is 2.10 bits per heavy atom. The summed E-state index contributed by atoms with van der Waals surface area (Å²) in [4.78, 5) is 13.4. The third-order valence-electron chi connectivity index (χ3n) is 4.98. The molecule has 0 saturated carbocycles. The molecule has 9 heteroatoms. The Labute approximate surface area is 175 Å². The fourth-order valence-electron chi connectivity index (χ4n) is 3.59. The van der Waals surface area contributed by atoms with Gasteiger partial charge in [0.25, 0.3) is 0 Å². The highest BCUT2D eigenvalue weighted by Crippen LogP contribution is 2.41. The molecule has 0 bridgehead atoms. The average molecular weight is 428 g/mol. The van der Waals surface area contributed by atoms with Crippen molar-refractivity contribution >= 4 is 17.1 Å². The minimum atomic E-state index is -0.656. The van der Waals surface area contributed by atoms with E-state index in [0.29, 0.717) is 51.9 Å². The molecule has 0 saturated heterocycles. The predicted molar refractivity (Wildman–Crippen MR) is 107 cm³/mol. The lowest BCUT2D eigenvalue weighted by Crippen LogP contribution is -2.20. The normalized spacial score (nSPS) is 13.5. The largest absolute Gasteiger partial charge is 0.481 e. The molecule has 1 aliphatic rings. The van der Waals surface area contributed by atoms with E-state index in [4.69, 9.17) is 10.5 Å². The van der Waals surface area contributed by atoms with Gasteiger partial charge in [0.2, 0.25) is 0 Å². The highest BCUT2D eigenvalue weighted by molar-refractivity contribution is 7.16. The van der Waals surface area contributed by atoms with E-state index in [1.54, 1.807) is 10.7 Å². The third kappa shape index (κ3) is 3.97. The average Bonchev–Trinajstić information content (AvgIpc) is 3.26. The first-order valence-corrected chi connectivity index (χ1v) is 10.2. The van der Waals surface area contributed by atoms with Crippen LogP contribution in [-0.2, 0) is 13.0 Å². The van der Waals surface area contributed by atoms with E-state index in [9.17, 15) is 18.8 Å². The highest BCUT2D eigenvalue weighted by Gasteiger charge is 2.26. The second kappa shape index (κ2) is 8.34. The van der Waals surface area contributed by atoms with Crippen LogP contribution in [0.15, 0.2) is 30.5 Å². The number of thiophene rings is 1. The monoisotopic (exact) mass is 428 g/mol. The van der Waals surface area contributed by atoms with Gasteiger partial charge in [-0.15, -0.1) is 0 Å². The topological polar surface area (TPSA) is 93.9 Å². The number of nitriles is 1. The Morgan fingerprint density at radius 1 is 1.33 bits per heavy atom. The van der Waals surface area contributed by atoms with Crippen molar-refractivity contribution in [2.24, 2.45) is 11.7 Å². The number of hydrogen-bond acceptors (Lipinski definition) is 6. The molecular formula is C21H18F2N4O2S. The molecule has 30 heavy (non-hydrogen) atoms. The second-order valence-corrected chi connectivity index (χ2v) is 8.13. The molecule has 0 amide bonds. The molecule has 0 fully saturated rings. The van der Waals surface area contributed by atoms with Crippen LogP contribution in [0.2, 0.25) is 0 Å². The van der Waals surface area contributed by atoms with E-state index < -0.39 is 11.6 Å². The van der Waals surface area contributed by atoms with E-state index in [2.05, 4.69) is 11.2 Å². The van der Waals surface area contributed by atoms with Gasteiger partial charge in [-0.3, -0.25) is 9.48 Å². The number of aromatic nitrogens is 2. The number of ketones is 1. The number of carbonyl (C=O) groups excluding carboxylic acids is 1. The molecule has 1 aliphatic heterocycles. The number of carbonyl (C=O) groups is 1. The summed E-state index contributed by atoms with van der Waals surface area (Å²) in [7, 11) is 0. The van der Waals surface area contributed by atoms with Gasteiger partial charge in [-0.1, -0.05) is 11.3 Å². The molecule has 3 heterocycles. The predicted octanol–water partition coefficient (Wildman–Crippen LogP) is 3.54. The van der Waals surface area contributed by atoms with E-state index >= 15 is 0 Å². The summed E-state index contributed by atoms with van der Waals surface area (Å²) >= 11 is 1.22. The number of hydrogen-bond donors (Lipinski definition) is 1. The zero-order valence-electron chi connectivity index (χ0n) is 15.9. The molecular weight excluding hydrogens is 410 g/mol. The van der Waals surface area contributed by atoms with Crippen molar-refractivity contribution in [1.82, 2.24) is 9.78 Å². The van der Waals surface area contributed by atoms with Crippen molar-refractivity contribution in [3.63, 3.8) is 0 Å². The van der Waals surface area contributed by atoms with E-state index in [1.165, 1.54) is 29.7 Å². The molecule has 3 aromatic rings. The minimum Gasteiger partial charge on any atom is -0.481 e. The van der Waals surface area contributed by atoms with Crippen LogP contribution < -0.4 is 10.5 Å². The van der Waals surface area contributed by atoms with Crippen LogP contribution in [0.25, 0.3) is 11.3 Å². The minimum absolute atomic E-state index is 0.131. The maximum Gasteiger partial charge on any atom is 0.184 e. The SMILES string of the molecule is N#Cc1cnn2c1-c1cc(C(=O)C[C@H](CN)Cc3cc(F)cc(F)c3)sc1OCC2. The Morgan fingerprint density at radius 3 is 2.80 bits per heavy atom. The number of benzene rings is 1. The van der Waals surface area contributed by atoms with Crippen LogP contribution in [0, 0.1) is 28.9 Å². The number of rotatable bonds is 6. The number of fused-ring (bicyclic) bond motifs is 3. The number of nitrogens with two attached hydrogens (primary N) is 1. The Kier molecular flexibility index (Phi) is 5.61. The van der Waals surface area contributed by atoms with Gasteiger partial charge in [0.1, 0.15) is 24.3 Å². The van der Waals surface area contributed by atoms with E-state index in [0.717, 1.165) is 6.07 Å². The summed E-state index contributed by atoms with van der Waals surface area (Å²) in [5.74, 6) is -1.71. The summed E-state index contributed by atoms with van der Waals surface area (Å²) in [5.41, 5.74) is 8.02. The first kappa shape index (κ1) is 20.2. The molecule has 1 atom stereocenters. The third-order valence-corrected chi connectivity index (χ3v) is 6.07. The van der Waals surface area contributed by atoms with Crippen molar-refractivity contribution in [2.75, 3.05) is 13.2 Å². The number of nitrogens with zero attached hydrogens (tertiary/aromatic N) is 3. The van der Waals surface area contributed by atoms with Crippen LogP contribution in [0.3, 0.4) is 0 Å². The van der Waals surface area contributed by atoms with Crippen molar-refractivity contribution < 1.29 is 18.3 Å². The van der Waals surface area contributed by atoms with Crippen LogP contribution in [-0.4, -0.2) is 28.7 Å². The first-order valence-electron chi connectivity index (χ1n) is 9.39. The fourth-order valence-corrected chi connectivity index (χ4v) is 4.57. The first-order chi connectivity index (χ1) is 14.5. The number of halogens is 2. The van der Waals surface area contributed by atoms with Crippen molar-refractivity contribution in [1.29, 1.82) is 5.26 Å². The molecule has 0 spiro atoms. The summed E-state index contributed by atoms with van der Waals surface area (Å²) in [6, 6.07) is 7.16. The maximum atomic E-state index is 13.5. The summed E-state index contributed by atoms with van der Waals surface area (Å²) in [5, 5.41) is 14.2. The molecule has 2 aromatic heterocycles. The molecule has 6 nitrogen and oxygen atoms in total. The molecule has 154 valence electrons. The highest BCUT2D eigenvalue weighted by atomic mass is 32.1. The van der Waals surface area contributed by atoms with Crippen LogP contribution in [0.4, 0.5) is 8.78 Å². The van der Waals surface area contributed by atoms with Gasteiger partial charge in [-0.05, 0) is 42.6 Å². The lowest BCUT2D eigenvalue weighted by Gasteiger charge is -2.13. The Bertz CT molecular complexity index is 1130. The van der Waals surface area contributed by atoms with Crippen molar-refractivity contribution in [2.45, 2.75) is 19.4 Å². The zero-order valence-corrected chi connectivity index (χ0v) is 16.7. The molecule has 1 aromatic carbocycles. The summed E-state index contributed by atoms with van der Waals surface area (Å²) < 4.78 is 34.4. The lowest BCUT2D eigenvalue weighted by molar-refractivity contribution is 0.0966. The molecule has 0 aliphatic carbocycles. The summed E-state index contributed by atoms with van der Waals surface area (Å²) in [6.45, 7) is 1.11. The lowest BCUT2D eigenvalue weighted by atomic mass is 9.93. The van der Waals surface area contributed by atoms with Gasteiger partial charge < -0.3 is 10.5 Å². The second-order valence-electron chi connectivity index (χ2n) is 7.11. The maximum absolute atomic E-state index is 13.5. The summed E-state index contributed by atoms with van der Waals surface area (Å²) in [6.07, 6.45) is 1.94. The van der Waals surface area contributed by atoms with Crippen LogP contribution >= 0.6 is 11.3 Å². The molecule has 2 N–H and O–H groups in total. The quantitative estimate of drug-likeness (QED) is 0.606. The zero-order chi connectivity index (χ0) is 21.3. The van der Waals surface area contributed by atoms with Gasteiger partial charge in [0, 0.05) is 12.5 Å². The molecule has 0 radical (unpaired) electrons. The van der Waals surface area contributed by atoms with Gasteiger partial charge in [-0.25, -0.2) is 8.78 Å². The van der Waals surface area contributed by atoms with E-state index in [-0.39, 0.29) is 24.7 Å². The van der Waals surface area contributed by atoms with E-state index in [1.807, 2.05) is 0 Å². The Balaban J connectivity index is 1.56. The standard InChI is InChI=1S/C21H18F2N4O2S/c22-15-4-12(5-16(23)7-15)3-13(9-24)6-18(28)19-8-17-20-14(10-25)11-26-27(20)1-2-29-21(17)30-19/h4-5,7-8,11,13H,1-3,6,9,24H2/t13-/m1/s1. The van der Waals surface area contributed by atoms with Crippen molar-refractivity contribution in [3.8, 4) is 22.4 Å². The van der Waals surface area contributed by atoms with Gasteiger partial charge in [-0.2, -0.15) is 10.4 Å².